The molecule has 0 saturated heterocycles. The Morgan fingerprint density at radius 1 is 1.00 bits per heavy atom. The summed E-state index contributed by atoms with van der Waals surface area (Å²) in [6, 6.07) is 17.6. The summed E-state index contributed by atoms with van der Waals surface area (Å²) in [6.07, 6.45) is 0.733. The number of thiophene rings is 1. The van der Waals surface area contributed by atoms with E-state index in [1.54, 1.807) is 0 Å². The van der Waals surface area contributed by atoms with Gasteiger partial charge in [-0.25, -0.2) is 0 Å². The van der Waals surface area contributed by atoms with E-state index >= 15 is 0 Å². The highest BCUT2D eigenvalue weighted by atomic mass is 32.1. The van der Waals surface area contributed by atoms with Crippen molar-refractivity contribution < 1.29 is 18.9 Å². The highest BCUT2D eigenvalue weighted by Crippen LogP contribution is 2.41. The zero-order valence-electron chi connectivity index (χ0n) is 14.5. The number of para-hydroxylation sites is 1. The van der Waals surface area contributed by atoms with Crippen molar-refractivity contribution >= 4 is 11.3 Å². The van der Waals surface area contributed by atoms with Crippen LogP contribution >= 0.6 is 11.3 Å². The van der Waals surface area contributed by atoms with E-state index in [2.05, 4.69) is 6.07 Å². The Balaban J connectivity index is 1.37. The Kier molecular flexibility index (Phi) is 5.13. The smallest absolute Gasteiger partial charge is 0.231 e. The molecule has 0 radical (unpaired) electrons. The number of fused-ring (bicyclic) bond motifs is 1. The van der Waals surface area contributed by atoms with Gasteiger partial charge in [0.2, 0.25) is 6.79 Å². The quantitative estimate of drug-likeness (QED) is 0.549. The fourth-order valence-corrected chi connectivity index (χ4v) is 3.66. The lowest BCUT2D eigenvalue weighted by Gasteiger charge is -2.07. The van der Waals surface area contributed by atoms with Crippen LogP contribution in [0.3, 0.4) is 0 Å². The van der Waals surface area contributed by atoms with Crippen LogP contribution in [0.25, 0.3) is 11.1 Å². The summed E-state index contributed by atoms with van der Waals surface area (Å²) in [4.78, 5) is 0. The molecule has 0 saturated carbocycles. The molecule has 0 fully saturated rings. The first-order valence-electron chi connectivity index (χ1n) is 8.57. The van der Waals surface area contributed by atoms with Crippen LogP contribution in [-0.4, -0.2) is 20.0 Å². The monoisotopic (exact) mass is 379 g/mol. The van der Waals surface area contributed by atoms with E-state index in [0.29, 0.717) is 29.6 Å². The summed E-state index contributed by atoms with van der Waals surface area (Å²) >= 11 is 1.43. The number of nitriles is 1. The van der Waals surface area contributed by atoms with E-state index in [4.69, 9.17) is 18.9 Å². The molecule has 0 bridgehead atoms. The molecule has 6 heteroatoms. The molecule has 136 valence electrons. The average molecular weight is 379 g/mol. The van der Waals surface area contributed by atoms with Gasteiger partial charge >= 0.3 is 0 Å². The number of hydrogen-bond acceptors (Lipinski definition) is 6. The fraction of sp³-hybridized carbons (Fsp3) is 0.190. The Hall–Kier alpha value is -3.17. The average Bonchev–Trinajstić information content (AvgIpc) is 3.34. The van der Waals surface area contributed by atoms with E-state index in [0.717, 1.165) is 29.0 Å². The molecule has 0 N–H and O–H groups in total. The minimum Gasteiger partial charge on any atom is -0.493 e. The van der Waals surface area contributed by atoms with Gasteiger partial charge in [0.05, 0.1) is 13.2 Å². The first kappa shape index (κ1) is 17.3. The number of ether oxygens (including phenoxy) is 4. The van der Waals surface area contributed by atoms with Crippen LogP contribution in [-0.2, 0) is 0 Å². The zero-order chi connectivity index (χ0) is 18.5. The normalized spacial score (nSPS) is 11.8. The van der Waals surface area contributed by atoms with Gasteiger partial charge in [0.25, 0.3) is 0 Å². The van der Waals surface area contributed by atoms with E-state index < -0.39 is 0 Å². The maximum absolute atomic E-state index is 9.59. The lowest BCUT2D eigenvalue weighted by atomic mass is 10.0. The largest absolute Gasteiger partial charge is 0.493 e. The van der Waals surface area contributed by atoms with Crippen LogP contribution in [0.5, 0.6) is 22.3 Å². The maximum atomic E-state index is 9.59. The molecule has 0 unspecified atom stereocenters. The van der Waals surface area contributed by atoms with Crippen LogP contribution in [0.1, 0.15) is 12.0 Å². The van der Waals surface area contributed by atoms with Crippen molar-refractivity contribution in [2.45, 2.75) is 6.42 Å². The molecule has 1 aliphatic rings. The number of benzene rings is 2. The minimum absolute atomic E-state index is 0.229. The highest BCUT2D eigenvalue weighted by molar-refractivity contribution is 7.12. The molecule has 0 spiro atoms. The van der Waals surface area contributed by atoms with E-state index in [9.17, 15) is 5.26 Å². The maximum Gasteiger partial charge on any atom is 0.231 e. The van der Waals surface area contributed by atoms with Crippen molar-refractivity contribution in [1.82, 2.24) is 0 Å². The second-order valence-corrected chi connectivity index (χ2v) is 6.70. The molecule has 1 aliphatic heterocycles. The van der Waals surface area contributed by atoms with Gasteiger partial charge in [-0.2, -0.15) is 5.26 Å². The second-order valence-electron chi connectivity index (χ2n) is 5.86. The van der Waals surface area contributed by atoms with Crippen LogP contribution in [0.2, 0.25) is 0 Å². The fourth-order valence-electron chi connectivity index (χ4n) is 2.76. The van der Waals surface area contributed by atoms with Crippen molar-refractivity contribution in [3.05, 3.63) is 59.5 Å². The molecule has 27 heavy (non-hydrogen) atoms. The first-order valence-corrected chi connectivity index (χ1v) is 9.45. The molecule has 0 atom stereocenters. The van der Waals surface area contributed by atoms with Gasteiger partial charge < -0.3 is 18.9 Å². The second kappa shape index (κ2) is 8.02. The third kappa shape index (κ3) is 3.83. The number of rotatable bonds is 7. The molecule has 5 nitrogen and oxygen atoms in total. The summed E-state index contributed by atoms with van der Waals surface area (Å²) in [5.41, 5.74) is 2.30. The SMILES string of the molecule is N#Cc1c(-c2ccc3c(c2)OCO3)csc1OCCCOc1ccccc1. The highest BCUT2D eigenvalue weighted by Gasteiger charge is 2.18. The van der Waals surface area contributed by atoms with E-state index in [-0.39, 0.29) is 6.79 Å². The third-order valence-corrected chi connectivity index (χ3v) is 4.98. The molecule has 0 aliphatic carbocycles. The molecule has 3 aromatic rings. The van der Waals surface area contributed by atoms with Crippen molar-refractivity contribution in [2.75, 3.05) is 20.0 Å². The molecule has 2 aromatic carbocycles. The van der Waals surface area contributed by atoms with Crippen LogP contribution in [0.15, 0.2) is 53.9 Å². The van der Waals surface area contributed by atoms with Crippen molar-refractivity contribution in [3.63, 3.8) is 0 Å². The Morgan fingerprint density at radius 3 is 2.67 bits per heavy atom. The lowest BCUT2D eigenvalue weighted by Crippen LogP contribution is -2.04. The van der Waals surface area contributed by atoms with Crippen molar-refractivity contribution in [2.24, 2.45) is 0 Å². The van der Waals surface area contributed by atoms with E-state index in [1.807, 2.05) is 53.9 Å². The van der Waals surface area contributed by atoms with Crippen LogP contribution in [0, 0.1) is 11.3 Å². The molecule has 0 amide bonds. The summed E-state index contributed by atoms with van der Waals surface area (Å²) in [5, 5.41) is 12.2. The first-order chi connectivity index (χ1) is 13.3. The van der Waals surface area contributed by atoms with Gasteiger partial charge in [0.1, 0.15) is 17.4 Å². The lowest BCUT2D eigenvalue weighted by molar-refractivity contribution is 0.174. The Morgan fingerprint density at radius 2 is 1.81 bits per heavy atom. The Bertz CT molecular complexity index is 962. The summed E-state index contributed by atoms with van der Waals surface area (Å²) in [5.74, 6) is 2.27. The Labute approximate surface area is 161 Å². The molecule has 2 heterocycles. The summed E-state index contributed by atoms with van der Waals surface area (Å²) in [6.45, 7) is 1.28. The van der Waals surface area contributed by atoms with Gasteiger partial charge in [0, 0.05) is 17.4 Å². The summed E-state index contributed by atoms with van der Waals surface area (Å²) < 4.78 is 22.2. The zero-order valence-corrected chi connectivity index (χ0v) is 15.3. The standard InChI is InChI=1S/C21H17NO4S/c22-12-17-18(15-7-8-19-20(11-15)26-14-25-19)13-27-21(17)24-10-4-9-23-16-5-2-1-3-6-16/h1-3,5-8,11,13H,4,9-10,14H2. The minimum atomic E-state index is 0.229. The predicted octanol–water partition coefficient (Wildman–Crippen LogP) is 4.86. The molecule has 4 rings (SSSR count). The van der Waals surface area contributed by atoms with E-state index in [1.165, 1.54) is 11.3 Å². The van der Waals surface area contributed by atoms with Gasteiger partial charge in [-0.15, -0.1) is 11.3 Å². The molecule has 1 aromatic heterocycles. The third-order valence-electron chi connectivity index (χ3n) is 4.09. The molecular weight excluding hydrogens is 362 g/mol. The van der Waals surface area contributed by atoms with Gasteiger partial charge in [-0.05, 0) is 29.8 Å². The van der Waals surface area contributed by atoms with Crippen molar-refractivity contribution in [1.29, 1.82) is 5.26 Å². The van der Waals surface area contributed by atoms with Crippen molar-refractivity contribution in [3.8, 4) is 39.5 Å². The van der Waals surface area contributed by atoms with Gasteiger partial charge in [-0.1, -0.05) is 24.3 Å². The van der Waals surface area contributed by atoms with Crippen LogP contribution < -0.4 is 18.9 Å². The van der Waals surface area contributed by atoms with Gasteiger partial charge in [0.15, 0.2) is 16.6 Å². The number of hydrogen-bond donors (Lipinski definition) is 0. The van der Waals surface area contributed by atoms with Crippen LogP contribution in [0.4, 0.5) is 0 Å². The molecular formula is C21H17NO4S. The summed E-state index contributed by atoms with van der Waals surface area (Å²) in [7, 11) is 0. The topological polar surface area (TPSA) is 60.7 Å². The number of nitrogens with zero attached hydrogens (tertiary/aromatic N) is 1. The van der Waals surface area contributed by atoms with Gasteiger partial charge in [-0.3, -0.25) is 0 Å². The predicted molar refractivity (Wildman–Crippen MR) is 103 cm³/mol.